The maximum absolute atomic E-state index is 12.0. The molecule has 1 aromatic rings. The molecule has 0 heterocycles. The van der Waals surface area contributed by atoms with Crippen LogP contribution in [-0.4, -0.2) is 11.9 Å². The van der Waals surface area contributed by atoms with Crippen LogP contribution in [0.1, 0.15) is 12.0 Å². The highest BCUT2D eigenvalue weighted by Gasteiger charge is 2.10. The third-order valence-electron chi connectivity index (χ3n) is 1.95. The van der Waals surface area contributed by atoms with Crippen LogP contribution >= 0.6 is 15.9 Å². The minimum absolute atomic E-state index is 0.0528. The smallest absolute Gasteiger partial charge is 0.387 e. The summed E-state index contributed by atoms with van der Waals surface area (Å²) < 4.78 is 28.3. The molecule has 0 saturated heterocycles. The van der Waals surface area contributed by atoms with Crippen molar-refractivity contribution < 1.29 is 13.5 Å². The topological polar surface area (TPSA) is 35.2 Å². The largest absolute Gasteiger partial charge is 0.433 e. The van der Waals surface area contributed by atoms with Crippen LogP contribution in [0.4, 0.5) is 14.5 Å². The van der Waals surface area contributed by atoms with E-state index in [0.717, 1.165) is 23.7 Å². The molecule has 0 bridgehead atoms. The Hall–Kier alpha value is -0.840. The highest BCUT2D eigenvalue weighted by molar-refractivity contribution is 9.09. The molecule has 2 N–H and O–H groups in total. The second-order valence-electron chi connectivity index (χ2n) is 3.00. The van der Waals surface area contributed by atoms with Gasteiger partial charge < -0.3 is 10.5 Å². The average molecular weight is 280 g/mol. The molecule has 0 aliphatic heterocycles. The molecule has 15 heavy (non-hydrogen) atoms. The normalized spacial score (nSPS) is 10.7. The molecule has 0 saturated carbocycles. The lowest BCUT2D eigenvalue weighted by atomic mass is 10.1. The quantitative estimate of drug-likeness (QED) is 0.664. The third kappa shape index (κ3) is 3.66. The van der Waals surface area contributed by atoms with Crippen LogP contribution in [0.5, 0.6) is 5.75 Å². The first kappa shape index (κ1) is 12.2. The van der Waals surface area contributed by atoms with E-state index in [-0.39, 0.29) is 5.75 Å². The SMILES string of the molecule is Nc1c(CCCBr)cccc1OC(F)F. The second-order valence-corrected chi connectivity index (χ2v) is 3.79. The number of ether oxygens (including phenoxy) is 1. The summed E-state index contributed by atoms with van der Waals surface area (Å²) in [6.07, 6.45) is 1.65. The molecule has 1 aromatic carbocycles. The zero-order chi connectivity index (χ0) is 11.3. The van der Waals surface area contributed by atoms with Gasteiger partial charge in [0, 0.05) is 5.33 Å². The van der Waals surface area contributed by atoms with Gasteiger partial charge in [0.2, 0.25) is 0 Å². The number of nitrogen functional groups attached to an aromatic ring is 1. The Kier molecular flexibility index (Phi) is 4.81. The van der Waals surface area contributed by atoms with Gasteiger partial charge in [0.1, 0.15) is 5.75 Å². The monoisotopic (exact) mass is 279 g/mol. The van der Waals surface area contributed by atoms with Crippen LogP contribution in [-0.2, 0) is 6.42 Å². The van der Waals surface area contributed by atoms with E-state index in [4.69, 9.17) is 5.73 Å². The average Bonchev–Trinajstić information content (AvgIpc) is 2.19. The molecule has 0 fully saturated rings. The van der Waals surface area contributed by atoms with Crippen LogP contribution in [0.25, 0.3) is 0 Å². The maximum atomic E-state index is 12.0. The van der Waals surface area contributed by atoms with Crippen molar-refractivity contribution in [2.45, 2.75) is 19.5 Å². The number of hydrogen-bond donors (Lipinski definition) is 1. The maximum Gasteiger partial charge on any atom is 0.387 e. The van der Waals surface area contributed by atoms with Gasteiger partial charge in [-0.15, -0.1) is 0 Å². The van der Waals surface area contributed by atoms with Crippen LogP contribution in [0.3, 0.4) is 0 Å². The van der Waals surface area contributed by atoms with Gasteiger partial charge >= 0.3 is 6.61 Å². The molecular weight excluding hydrogens is 268 g/mol. The summed E-state index contributed by atoms with van der Waals surface area (Å²) in [7, 11) is 0. The summed E-state index contributed by atoms with van der Waals surface area (Å²) in [5, 5.41) is 0.854. The Morgan fingerprint density at radius 1 is 1.40 bits per heavy atom. The van der Waals surface area contributed by atoms with E-state index in [9.17, 15) is 8.78 Å². The third-order valence-corrected chi connectivity index (χ3v) is 2.51. The Labute approximate surface area is 95.5 Å². The van der Waals surface area contributed by atoms with Crippen LogP contribution in [0.15, 0.2) is 18.2 Å². The number of benzene rings is 1. The second kappa shape index (κ2) is 5.90. The number of hydrogen-bond acceptors (Lipinski definition) is 2. The van der Waals surface area contributed by atoms with E-state index in [1.165, 1.54) is 6.07 Å². The minimum atomic E-state index is -2.83. The first-order valence-corrected chi connectivity index (χ1v) is 5.65. The first-order valence-electron chi connectivity index (χ1n) is 4.53. The molecule has 1 rings (SSSR count). The summed E-state index contributed by atoms with van der Waals surface area (Å²) in [4.78, 5) is 0. The fraction of sp³-hybridized carbons (Fsp3) is 0.400. The Morgan fingerprint density at radius 2 is 2.13 bits per heavy atom. The van der Waals surface area contributed by atoms with Crippen molar-refractivity contribution >= 4 is 21.6 Å². The molecule has 0 aliphatic rings. The van der Waals surface area contributed by atoms with Crippen molar-refractivity contribution in [2.24, 2.45) is 0 Å². The Balaban J connectivity index is 2.80. The van der Waals surface area contributed by atoms with Gasteiger partial charge in [0.25, 0.3) is 0 Å². The lowest BCUT2D eigenvalue weighted by molar-refractivity contribution is -0.0493. The van der Waals surface area contributed by atoms with Crippen LogP contribution < -0.4 is 10.5 Å². The van der Waals surface area contributed by atoms with E-state index >= 15 is 0 Å². The van der Waals surface area contributed by atoms with Crippen LogP contribution in [0, 0.1) is 0 Å². The number of halogens is 3. The predicted molar refractivity (Wildman–Crippen MR) is 59.6 cm³/mol. The van der Waals surface area contributed by atoms with E-state index in [2.05, 4.69) is 20.7 Å². The summed E-state index contributed by atoms with van der Waals surface area (Å²) in [6.45, 7) is -2.83. The van der Waals surface area contributed by atoms with E-state index in [0.29, 0.717) is 5.69 Å². The van der Waals surface area contributed by atoms with Gasteiger partial charge in [0.05, 0.1) is 5.69 Å². The first-order chi connectivity index (χ1) is 7.15. The molecule has 0 aromatic heterocycles. The van der Waals surface area contributed by atoms with E-state index in [1.54, 1.807) is 6.07 Å². The molecule has 5 heteroatoms. The van der Waals surface area contributed by atoms with Crippen molar-refractivity contribution in [2.75, 3.05) is 11.1 Å². The van der Waals surface area contributed by atoms with E-state index in [1.807, 2.05) is 6.07 Å². The predicted octanol–water partition coefficient (Wildman–Crippen LogP) is 3.20. The van der Waals surface area contributed by atoms with Gasteiger partial charge in [-0.1, -0.05) is 28.1 Å². The standard InChI is InChI=1S/C10H12BrF2NO/c11-6-2-4-7-3-1-5-8(9(7)14)15-10(12)13/h1,3,5,10H,2,4,6,14H2. The van der Waals surface area contributed by atoms with Crippen LogP contribution in [0.2, 0.25) is 0 Å². The lowest BCUT2D eigenvalue weighted by Gasteiger charge is -2.11. The van der Waals surface area contributed by atoms with Crippen molar-refractivity contribution in [3.63, 3.8) is 0 Å². The number of nitrogens with two attached hydrogens (primary N) is 1. The molecule has 84 valence electrons. The Morgan fingerprint density at radius 3 is 2.73 bits per heavy atom. The molecule has 0 spiro atoms. The number of aryl methyl sites for hydroxylation is 1. The summed E-state index contributed by atoms with van der Waals surface area (Å²) in [5.41, 5.74) is 6.84. The molecule has 0 aliphatic carbocycles. The van der Waals surface area contributed by atoms with E-state index < -0.39 is 6.61 Å². The zero-order valence-electron chi connectivity index (χ0n) is 8.05. The molecule has 0 amide bonds. The number of para-hydroxylation sites is 1. The number of anilines is 1. The van der Waals surface area contributed by atoms with Gasteiger partial charge in [-0.05, 0) is 24.5 Å². The molecule has 2 nitrogen and oxygen atoms in total. The van der Waals surface area contributed by atoms with Crippen molar-refractivity contribution in [3.05, 3.63) is 23.8 Å². The fourth-order valence-electron chi connectivity index (χ4n) is 1.26. The van der Waals surface area contributed by atoms with Gasteiger partial charge in [-0.3, -0.25) is 0 Å². The molecule has 0 radical (unpaired) electrons. The molecular formula is C10H12BrF2NO. The minimum Gasteiger partial charge on any atom is -0.433 e. The zero-order valence-corrected chi connectivity index (χ0v) is 9.64. The number of rotatable bonds is 5. The summed E-state index contributed by atoms with van der Waals surface area (Å²) in [5.74, 6) is 0.0528. The van der Waals surface area contributed by atoms with Gasteiger partial charge in [-0.25, -0.2) is 0 Å². The summed E-state index contributed by atoms with van der Waals surface area (Å²) in [6, 6.07) is 4.92. The Bertz CT molecular complexity index is 320. The highest BCUT2D eigenvalue weighted by Crippen LogP contribution is 2.27. The number of alkyl halides is 3. The highest BCUT2D eigenvalue weighted by atomic mass is 79.9. The van der Waals surface area contributed by atoms with Gasteiger partial charge in [-0.2, -0.15) is 8.78 Å². The van der Waals surface area contributed by atoms with Crippen molar-refractivity contribution in [1.82, 2.24) is 0 Å². The fourth-order valence-corrected chi connectivity index (χ4v) is 1.54. The molecule has 0 atom stereocenters. The van der Waals surface area contributed by atoms with Gasteiger partial charge in [0.15, 0.2) is 0 Å². The van der Waals surface area contributed by atoms with Crippen molar-refractivity contribution in [1.29, 1.82) is 0 Å². The van der Waals surface area contributed by atoms with Crippen molar-refractivity contribution in [3.8, 4) is 5.75 Å². The molecule has 0 unspecified atom stereocenters. The summed E-state index contributed by atoms with van der Waals surface area (Å²) >= 11 is 3.30. The lowest BCUT2D eigenvalue weighted by Crippen LogP contribution is -2.06.